The maximum absolute atomic E-state index is 14.9. The predicted octanol–water partition coefficient (Wildman–Crippen LogP) is 6.36. The molecule has 1 aliphatic rings. The van der Waals surface area contributed by atoms with Crippen LogP contribution in [0.15, 0.2) is 66.2 Å². The maximum atomic E-state index is 14.9. The minimum Gasteiger partial charge on any atom is -0.445 e. The number of nitrogens with one attached hydrogen (secondary N) is 6. The molecule has 26 heteroatoms. The Morgan fingerprint density at radius 1 is 0.750 bits per heavy atom. The first kappa shape index (κ1) is 77.2. The van der Waals surface area contributed by atoms with Crippen LogP contribution in [0.5, 0.6) is 0 Å². The Morgan fingerprint density at radius 2 is 1.43 bits per heavy atom. The summed E-state index contributed by atoms with van der Waals surface area (Å²) >= 11 is 1.47. The van der Waals surface area contributed by atoms with Gasteiger partial charge in [0.25, 0.3) is 0 Å². The summed E-state index contributed by atoms with van der Waals surface area (Å²) in [5.41, 5.74) is 7.20. The number of likely N-dealkylation sites (tertiary alicyclic amines) is 1. The number of ether oxygens (including phenoxy) is 3. The largest absolute Gasteiger partial charge is 0.445 e. The molecule has 0 spiro atoms. The molecule has 2 aromatic carbocycles. The van der Waals surface area contributed by atoms with E-state index in [0.717, 1.165) is 10.6 Å². The van der Waals surface area contributed by atoms with Crippen LogP contribution in [0, 0.1) is 29.6 Å². The van der Waals surface area contributed by atoms with Crippen molar-refractivity contribution in [2.45, 2.75) is 194 Å². The van der Waals surface area contributed by atoms with Crippen LogP contribution < -0.4 is 43.5 Å². The number of aromatic nitrogens is 1. The molecule has 25 nitrogen and oxygen atoms in total. The smallest absolute Gasteiger partial charge is 0.410 e. The van der Waals surface area contributed by atoms with Crippen LogP contribution in [0.1, 0.15) is 149 Å². The molecule has 0 aliphatic carbocycles. The molecule has 11 atom stereocenters. The van der Waals surface area contributed by atoms with Crippen molar-refractivity contribution < 1.29 is 62.2 Å². The van der Waals surface area contributed by atoms with Crippen LogP contribution in [0.3, 0.4) is 0 Å². The standard InChI is InChI=1S/C66H104N12O13S/c1-14-43(8)57(51(88-12)38-53(80)78-34-22-26-50(78)58(89-13)44(9)59(81)73-49(63-69-33-36-92-63)37-45-23-17-15-18-24-45)76(10)64(85)55(41(4)5)75-62(84)56(42(6)7)77(11)66(87)90-39-46-28-30-47(31-29-46)71-60(82)48(25-21-32-70-65(67)86)72-61(83)54(40(2)3)74-52(79)27-19-16-20-35-91-68/h15,17-18,23-24,28-31,33,36,40-44,48-51,54-58H,14,16,19-22,25-27,32,34-35,37-39,68H2,1-13H3,(H,71,82)(H,72,83)(H,73,81)(H,74,79)(H,75,84)(H3,67,70,86)/t43-,44+,48-,49-,50-,51+,54?,55-,56?,57-,58+/m0/s1. The second-order valence-corrected chi connectivity index (χ2v) is 25.9. The van der Waals surface area contributed by atoms with Crippen LogP contribution in [0.4, 0.5) is 15.3 Å². The fraction of sp³-hybridized carbons (Fsp3) is 0.636. The predicted molar refractivity (Wildman–Crippen MR) is 352 cm³/mol. The van der Waals surface area contributed by atoms with E-state index in [0.29, 0.717) is 69.3 Å². The van der Waals surface area contributed by atoms with Gasteiger partial charge in [-0.2, -0.15) is 0 Å². The van der Waals surface area contributed by atoms with E-state index in [1.165, 1.54) is 30.4 Å². The number of primary amides is 1. The zero-order chi connectivity index (χ0) is 68.2. The molecule has 4 rings (SSSR count). The number of urea groups is 1. The number of anilines is 1. The summed E-state index contributed by atoms with van der Waals surface area (Å²) in [5, 5.41) is 19.7. The molecule has 0 saturated carbocycles. The zero-order valence-electron chi connectivity index (χ0n) is 56.2. The quantitative estimate of drug-likeness (QED) is 0.0228. The first-order valence-electron chi connectivity index (χ1n) is 32.2. The van der Waals surface area contributed by atoms with Crippen LogP contribution >= 0.6 is 11.3 Å². The van der Waals surface area contributed by atoms with Crippen molar-refractivity contribution in [2.24, 2.45) is 41.2 Å². The van der Waals surface area contributed by atoms with Gasteiger partial charge in [0.1, 0.15) is 35.8 Å². The second-order valence-electron chi connectivity index (χ2n) is 24.9. The monoisotopic (exact) mass is 1300 g/mol. The van der Waals surface area contributed by atoms with E-state index in [1.807, 2.05) is 70.3 Å². The normalized spacial score (nSPS) is 16.4. The lowest BCUT2D eigenvalue weighted by Crippen LogP contribution is -2.60. The van der Waals surface area contributed by atoms with Crippen molar-refractivity contribution in [1.82, 2.24) is 46.3 Å². The maximum Gasteiger partial charge on any atom is 0.410 e. The van der Waals surface area contributed by atoms with Crippen LogP contribution in [-0.2, 0) is 65.6 Å². The SMILES string of the molecule is CC[C@H](C)[C@@H]([C@@H](CC(=O)N1CCC[C@H]1[C@H](OC)[C@@H](C)C(=O)N[C@@H](Cc1ccccc1)c1nccs1)OC)N(C)C(=O)[C@@H](NC(=O)C(C(C)C)N(C)C(=O)OCc1ccc(NC(=O)[C@H](CCCNC(N)=O)NC(=O)C(NC(=O)CCCCCON)C(C)C)cc1)C(C)C. The average Bonchev–Trinajstić information content (AvgIpc) is 1.35. The second kappa shape index (κ2) is 39.3. The molecule has 1 saturated heterocycles. The topological polar surface area (TPSA) is 337 Å². The number of carbonyl (C=O) groups excluding carboxylic acids is 9. The number of unbranched alkanes of at least 4 members (excludes halogenated alkanes) is 2. The lowest BCUT2D eigenvalue weighted by atomic mass is 9.89. The van der Waals surface area contributed by atoms with Crippen LogP contribution in [0.25, 0.3) is 0 Å². The molecule has 0 radical (unpaired) electrons. The zero-order valence-corrected chi connectivity index (χ0v) is 57.0. The first-order valence-corrected chi connectivity index (χ1v) is 33.1. The minimum absolute atomic E-state index is 0.0683. The van der Waals surface area contributed by atoms with Gasteiger partial charge in [0.05, 0.1) is 49.3 Å². The highest BCUT2D eigenvalue weighted by molar-refractivity contribution is 7.09. The van der Waals surface area contributed by atoms with Gasteiger partial charge in [0.15, 0.2) is 0 Å². The van der Waals surface area contributed by atoms with Gasteiger partial charge < -0.3 is 66.5 Å². The van der Waals surface area contributed by atoms with Crippen molar-refractivity contribution in [1.29, 1.82) is 0 Å². The number of hydrogen-bond acceptors (Lipinski definition) is 16. The van der Waals surface area contributed by atoms with Crippen molar-refractivity contribution in [3.8, 4) is 0 Å². The van der Waals surface area contributed by atoms with Gasteiger partial charge in [-0.15, -0.1) is 11.3 Å². The molecule has 92 heavy (non-hydrogen) atoms. The third-order valence-electron chi connectivity index (χ3n) is 17.1. The van der Waals surface area contributed by atoms with Crippen molar-refractivity contribution in [3.63, 3.8) is 0 Å². The van der Waals surface area contributed by atoms with E-state index in [9.17, 15) is 43.2 Å². The lowest BCUT2D eigenvalue weighted by Gasteiger charge is -2.41. The highest BCUT2D eigenvalue weighted by Gasteiger charge is 2.44. The number of rotatable bonds is 39. The van der Waals surface area contributed by atoms with E-state index < -0.39 is 102 Å². The number of amides is 10. The third-order valence-corrected chi connectivity index (χ3v) is 17.9. The van der Waals surface area contributed by atoms with Crippen molar-refractivity contribution in [2.75, 3.05) is 53.3 Å². The molecule has 1 aliphatic heterocycles. The Kier molecular flexibility index (Phi) is 33.0. The van der Waals surface area contributed by atoms with Crippen molar-refractivity contribution >= 4 is 70.5 Å². The Hall–Kier alpha value is -7.26. The van der Waals surface area contributed by atoms with E-state index >= 15 is 0 Å². The molecule has 2 heterocycles. The molecule has 0 bridgehead atoms. The number of methoxy groups -OCH3 is 2. The minimum atomic E-state index is -1.07. The fourth-order valence-corrected chi connectivity index (χ4v) is 12.4. The van der Waals surface area contributed by atoms with E-state index in [-0.39, 0.29) is 74.4 Å². The Bertz CT molecular complexity index is 2800. The molecule has 512 valence electrons. The summed E-state index contributed by atoms with van der Waals surface area (Å²) < 4.78 is 17.9. The number of carbonyl (C=O) groups is 9. The van der Waals surface area contributed by atoms with Gasteiger partial charge in [0.2, 0.25) is 41.4 Å². The first-order chi connectivity index (χ1) is 43.8. The van der Waals surface area contributed by atoms with Gasteiger partial charge in [-0.05, 0) is 91.9 Å². The molecular formula is C66H104N12O13S. The summed E-state index contributed by atoms with van der Waals surface area (Å²) in [6.07, 6.45) is 4.53. The third kappa shape index (κ3) is 23.7. The number of thiazole rings is 1. The molecule has 2 unspecified atom stereocenters. The summed E-state index contributed by atoms with van der Waals surface area (Å²) in [7, 11) is 6.18. The highest BCUT2D eigenvalue weighted by atomic mass is 32.1. The number of hydrogen-bond donors (Lipinski definition) is 8. The summed E-state index contributed by atoms with van der Waals surface area (Å²) in [5.74, 6) is 0.303. The molecular weight excluding hydrogens is 1200 g/mol. The summed E-state index contributed by atoms with van der Waals surface area (Å²) in [4.78, 5) is 137. The highest BCUT2D eigenvalue weighted by Crippen LogP contribution is 2.31. The summed E-state index contributed by atoms with van der Waals surface area (Å²) in [6.45, 7) is 17.3. The Balaban J connectivity index is 1.40. The molecule has 10 amide bonds. The number of likely N-dealkylation sites (N-methyl/N-ethyl adjacent to an activating group) is 2. The van der Waals surface area contributed by atoms with Gasteiger partial charge in [-0.25, -0.2) is 20.5 Å². The van der Waals surface area contributed by atoms with Gasteiger partial charge in [0, 0.05) is 65.1 Å². The fourth-order valence-electron chi connectivity index (χ4n) is 11.7. The van der Waals surface area contributed by atoms with E-state index in [4.69, 9.17) is 25.8 Å². The van der Waals surface area contributed by atoms with E-state index in [1.54, 1.807) is 82.1 Å². The van der Waals surface area contributed by atoms with Crippen LogP contribution in [-0.4, -0.2) is 170 Å². The number of benzene rings is 2. The van der Waals surface area contributed by atoms with Gasteiger partial charge in [-0.1, -0.05) is 118 Å². The number of nitrogens with two attached hydrogens (primary N) is 2. The Labute approximate surface area is 547 Å². The van der Waals surface area contributed by atoms with Gasteiger partial charge in [-0.3, -0.25) is 38.5 Å². The Morgan fingerprint density at radius 3 is 2.02 bits per heavy atom. The summed E-state index contributed by atoms with van der Waals surface area (Å²) in [6, 6.07) is 10.1. The lowest BCUT2D eigenvalue weighted by molar-refractivity contribution is -0.148. The van der Waals surface area contributed by atoms with Crippen molar-refractivity contribution in [3.05, 3.63) is 82.3 Å². The van der Waals surface area contributed by atoms with Gasteiger partial charge >= 0.3 is 12.1 Å². The number of nitrogens with zero attached hydrogens (tertiary/aromatic N) is 4. The molecule has 3 aromatic rings. The molecule has 10 N–H and O–H groups in total. The molecule has 1 fully saturated rings. The molecule has 1 aromatic heterocycles. The average molecular weight is 1310 g/mol. The van der Waals surface area contributed by atoms with Crippen LogP contribution in [0.2, 0.25) is 0 Å². The van der Waals surface area contributed by atoms with E-state index in [2.05, 4.69) is 41.7 Å².